The van der Waals surface area contributed by atoms with Crippen LogP contribution >= 0.6 is 0 Å². The van der Waals surface area contributed by atoms with Crippen LogP contribution in [0.15, 0.2) is 109 Å². The summed E-state index contributed by atoms with van der Waals surface area (Å²) in [5.74, 6) is 0.793. The van der Waals surface area contributed by atoms with E-state index >= 15 is 0 Å². The maximum atomic E-state index is 5.15. The van der Waals surface area contributed by atoms with Crippen molar-refractivity contribution in [2.24, 2.45) is 0 Å². The number of rotatable bonds is 4. The van der Waals surface area contributed by atoms with Crippen LogP contribution in [0.25, 0.3) is 22.3 Å². The van der Waals surface area contributed by atoms with Crippen molar-refractivity contribution in [3.05, 3.63) is 132 Å². The summed E-state index contributed by atoms with van der Waals surface area (Å²) >= 11 is 0. The third kappa shape index (κ3) is 3.48. The van der Waals surface area contributed by atoms with Crippen molar-refractivity contribution in [1.82, 2.24) is 9.97 Å². The standard InChI is InChI=1S/C28H22N2/c1-20-17-18-25-24(19-20)27(30-28(29-25)23-15-9-4-10-16-23)26(21-11-5-2-6-12-21)22-13-7-3-8-14-22/h2-19,26H,1H3. The summed E-state index contributed by atoms with van der Waals surface area (Å²) < 4.78 is 0. The topological polar surface area (TPSA) is 25.8 Å². The Balaban J connectivity index is 1.83. The Hall–Kier alpha value is -3.78. The summed E-state index contributed by atoms with van der Waals surface area (Å²) in [6.45, 7) is 2.12. The third-order valence-electron chi connectivity index (χ3n) is 5.45. The Bertz CT molecular complexity index is 1240. The highest BCUT2D eigenvalue weighted by molar-refractivity contribution is 5.85. The molecule has 5 rings (SSSR count). The van der Waals surface area contributed by atoms with Crippen LogP contribution < -0.4 is 0 Å². The van der Waals surface area contributed by atoms with Crippen molar-refractivity contribution < 1.29 is 0 Å². The molecule has 0 bridgehead atoms. The molecule has 0 fully saturated rings. The fourth-order valence-corrected chi connectivity index (χ4v) is 4.00. The highest BCUT2D eigenvalue weighted by atomic mass is 14.9. The van der Waals surface area contributed by atoms with Crippen LogP contribution in [0.3, 0.4) is 0 Å². The maximum absolute atomic E-state index is 5.15. The molecule has 1 heterocycles. The van der Waals surface area contributed by atoms with Gasteiger partial charge in [-0.05, 0) is 30.2 Å². The Morgan fingerprint density at radius 3 is 1.77 bits per heavy atom. The summed E-state index contributed by atoms with van der Waals surface area (Å²) in [5.41, 5.74) is 6.70. The van der Waals surface area contributed by atoms with E-state index < -0.39 is 0 Å². The van der Waals surface area contributed by atoms with Crippen molar-refractivity contribution in [1.29, 1.82) is 0 Å². The minimum absolute atomic E-state index is 0.0298. The Morgan fingerprint density at radius 1 is 0.600 bits per heavy atom. The average Bonchev–Trinajstić information content (AvgIpc) is 2.81. The minimum Gasteiger partial charge on any atom is -0.231 e. The van der Waals surface area contributed by atoms with Crippen molar-refractivity contribution in [3.8, 4) is 11.4 Å². The van der Waals surface area contributed by atoms with Crippen molar-refractivity contribution >= 4 is 10.9 Å². The zero-order valence-corrected chi connectivity index (χ0v) is 16.9. The normalized spacial score (nSPS) is 11.1. The lowest BCUT2D eigenvalue weighted by atomic mass is 9.86. The molecule has 0 radical (unpaired) electrons. The van der Waals surface area contributed by atoms with E-state index in [1.54, 1.807) is 0 Å². The van der Waals surface area contributed by atoms with Crippen LogP contribution in [-0.4, -0.2) is 9.97 Å². The monoisotopic (exact) mass is 386 g/mol. The van der Waals surface area contributed by atoms with Gasteiger partial charge >= 0.3 is 0 Å². The molecule has 0 aliphatic carbocycles. The van der Waals surface area contributed by atoms with Gasteiger partial charge in [-0.1, -0.05) is 103 Å². The zero-order valence-electron chi connectivity index (χ0n) is 16.9. The van der Waals surface area contributed by atoms with Gasteiger partial charge in [0.1, 0.15) is 0 Å². The van der Waals surface area contributed by atoms with E-state index in [0.717, 1.165) is 28.0 Å². The molecule has 1 aromatic heterocycles. The third-order valence-corrected chi connectivity index (χ3v) is 5.45. The highest BCUT2D eigenvalue weighted by Crippen LogP contribution is 2.36. The van der Waals surface area contributed by atoms with E-state index in [4.69, 9.17) is 9.97 Å². The van der Waals surface area contributed by atoms with Gasteiger partial charge in [-0.2, -0.15) is 0 Å². The first-order chi connectivity index (χ1) is 14.8. The first-order valence-electron chi connectivity index (χ1n) is 10.2. The van der Waals surface area contributed by atoms with Gasteiger partial charge in [0.05, 0.1) is 17.1 Å². The fraction of sp³-hybridized carbons (Fsp3) is 0.0714. The second-order valence-corrected chi connectivity index (χ2v) is 7.57. The molecule has 144 valence electrons. The van der Waals surface area contributed by atoms with Crippen molar-refractivity contribution in [2.45, 2.75) is 12.8 Å². The largest absolute Gasteiger partial charge is 0.231 e. The van der Waals surface area contributed by atoms with E-state index in [1.165, 1.54) is 16.7 Å². The molecule has 2 heteroatoms. The molecular formula is C28H22N2. The SMILES string of the molecule is Cc1ccc2nc(-c3ccccc3)nc(C(c3ccccc3)c3ccccc3)c2c1. The number of aromatic nitrogens is 2. The molecule has 0 aliphatic heterocycles. The smallest absolute Gasteiger partial charge is 0.160 e. The molecule has 0 saturated heterocycles. The van der Waals surface area contributed by atoms with Crippen molar-refractivity contribution in [2.75, 3.05) is 0 Å². The molecule has 5 aromatic rings. The van der Waals surface area contributed by atoms with Gasteiger partial charge in [-0.15, -0.1) is 0 Å². The number of hydrogen-bond acceptors (Lipinski definition) is 2. The summed E-state index contributed by atoms with van der Waals surface area (Å²) in [7, 11) is 0. The van der Waals surface area contributed by atoms with Crippen LogP contribution in [-0.2, 0) is 0 Å². The summed E-state index contributed by atoms with van der Waals surface area (Å²) in [4.78, 5) is 10.1. The van der Waals surface area contributed by atoms with E-state index in [0.29, 0.717) is 0 Å². The quantitative estimate of drug-likeness (QED) is 0.340. The lowest BCUT2D eigenvalue weighted by Gasteiger charge is -2.20. The highest BCUT2D eigenvalue weighted by Gasteiger charge is 2.22. The first kappa shape index (κ1) is 18.3. The van der Waals surface area contributed by atoms with Crippen LogP contribution in [0.1, 0.15) is 28.3 Å². The summed E-state index contributed by atoms with van der Waals surface area (Å²) in [6, 6.07) is 37.9. The summed E-state index contributed by atoms with van der Waals surface area (Å²) in [5, 5.41) is 1.10. The predicted molar refractivity (Wildman–Crippen MR) is 124 cm³/mol. The molecule has 2 nitrogen and oxygen atoms in total. The number of nitrogens with zero attached hydrogens (tertiary/aromatic N) is 2. The summed E-state index contributed by atoms with van der Waals surface area (Å²) in [6.07, 6.45) is 0. The van der Waals surface area contributed by atoms with Crippen LogP contribution in [0.4, 0.5) is 0 Å². The van der Waals surface area contributed by atoms with Gasteiger partial charge in [0, 0.05) is 10.9 Å². The zero-order chi connectivity index (χ0) is 20.3. The number of fused-ring (bicyclic) bond motifs is 1. The van der Waals surface area contributed by atoms with E-state index in [1.807, 2.05) is 18.2 Å². The number of hydrogen-bond donors (Lipinski definition) is 0. The molecular weight excluding hydrogens is 364 g/mol. The lowest BCUT2D eigenvalue weighted by Crippen LogP contribution is -2.08. The van der Waals surface area contributed by atoms with Gasteiger partial charge in [-0.25, -0.2) is 9.97 Å². The van der Waals surface area contributed by atoms with E-state index in [-0.39, 0.29) is 5.92 Å². The van der Waals surface area contributed by atoms with Gasteiger partial charge in [0.15, 0.2) is 5.82 Å². The van der Waals surface area contributed by atoms with E-state index in [2.05, 4.69) is 97.9 Å². The second-order valence-electron chi connectivity index (χ2n) is 7.57. The second kappa shape index (κ2) is 7.92. The molecule has 30 heavy (non-hydrogen) atoms. The molecule has 0 aliphatic rings. The molecule has 0 atom stereocenters. The van der Waals surface area contributed by atoms with Gasteiger partial charge in [0.2, 0.25) is 0 Å². The average molecular weight is 386 g/mol. The van der Waals surface area contributed by atoms with Gasteiger partial charge in [0.25, 0.3) is 0 Å². The lowest BCUT2D eigenvalue weighted by molar-refractivity contribution is 0.925. The molecule has 0 amide bonds. The molecule has 4 aromatic carbocycles. The molecule has 0 unspecified atom stereocenters. The Kier molecular flexibility index (Phi) is 4.82. The van der Waals surface area contributed by atoms with Crippen LogP contribution in [0, 0.1) is 6.92 Å². The Labute approximate surface area is 176 Å². The van der Waals surface area contributed by atoms with Crippen molar-refractivity contribution in [3.63, 3.8) is 0 Å². The first-order valence-corrected chi connectivity index (χ1v) is 10.2. The maximum Gasteiger partial charge on any atom is 0.160 e. The number of aryl methyl sites for hydroxylation is 1. The molecule has 0 saturated carbocycles. The fourth-order valence-electron chi connectivity index (χ4n) is 4.00. The predicted octanol–water partition coefficient (Wildman–Crippen LogP) is 6.79. The molecule has 0 spiro atoms. The Morgan fingerprint density at radius 2 is 1.17 bits per heavy atom. The van der Waals surface area contributed by atoms with Gasteiger partial charge in [-0.3, -0.25) is 0 Å². The molecule has 0 N–H and O–H groups in total. The van der Waals surface area contributed by atoms with E-state index in [9.17, 15) is 0 Å². The minimum atomic E-state index is 0.0298. The van der Waals surface area contributed by atoms with Gasteiger partial charge < -0.3 is 0 Å². The van der Waals surface area contributed by atoms with Crippen LogP contribution in [0.5, 0.6) is 0 Å². The number of benzene rings is 4. The van der Waals surface area contributed by atoms with Crippen LogP contribution in [0.2, 0.25) is 0 Å².